The van der Waals surface area contributed by atoms with Crippen LogP contribution in [0.15, 0.2) is 0 Å². The van der Waals surface area contributed by atoms with Gasteiger partial charge in [0.05, 0.1) is 10.6 Å². The Labute approximate surface area is 124 Å². The summed E-state index contributed by atoms with van der Waals surface area (Å²) in [5.41, 5.74) is 8.22. The molecule has 2 aliphatic rings. The van der Waals surface area contributed by atoms with Crippen molar-refractivity contribution in [3.05, 3.63) is 16.0 Å². The molecule has 1 amide bonds. The Bertz CT molecular complexity index is 505. The maximum Gasteiger partial charge on any atom is 0.257 e. The van der Waals surface area contributed by atoms with Crippen LogP contribution in [0.1, 0.15) is 47.0 Å². The molecule has 0 atom stereocenters. The van der Waals surface area contributed by atoms with Gasteiger partial charge in [0.15, 0.2) is 0 Å². The monoisotopic (exact) mass is 293 g/mol. The first-order chi connectivity index (χ1) is 9.70. The second-order valence-corrected chi connectivity index (χ2v) is 6.85. The van der Waals surface area contributed by atoms with E-state index in [-0.39, 0.29) is 5.91 Å². The molecule has 0 spiro atoms. The Balaban J connectivity index is 1.86. The minimum Gasteiger partial charge on any atom is -0.390 e. The van der Waals surface area contributed by atoms with Crippen LogP contribution in [0, 0.1) is 0 Å². The summed E-state index contributed by atoms with van der Waals surface area (Å²) < 4.78 is 0. The van der Waals surface area contributed by atoms with Crippen LogP contribution in [0.5, 0.6) is 0 Å². The highest BCUT2D eigenvalue weighted by atomic mass is 32.1. The third-order valence-corrected chi connectivity index (χ3v) is 5.51. The number of hydrogen-bond acceptors (Lipinski definition) is 4. The summed E-state index contributed by atoms with van der Waals surface area (Å²) in [6.45, 7) is 7.02. The number of likely N-dealkylation sites (N-methyl/N-ethyl adjacent to an activating group) is 1. The lowest BCUT2D eigenvalue weighted by Crippen LogP contribution is -2.37. The summed E-state index contributed by atoms with van der Waals surface area (Å²) in [6.07, 6.45) is 4.46. The molecule has 1 aromatic heterocycles. The maximum absolute atomic E-state index is 12.7. The number of piperidine rings is 1. The Kier molecular flexibility index (Phi) is 3.98. The van der Waals surface area contributed by atoms with E-state index in [1.165, 1.54) is 16.9 Å². The fraction of sp³-hybridized carbons (Fsp3) is 0.667. The van der Waals surface area contributed by atoms with E-state index in [9.17, 15) is 4.79 Å². The minimum atomic E-state index is 0.171. The number of carbonyl (C=O) groups is 1. The summed E-state index contributed by atoms with van der Waals surface area (Å²) in [5.74, 6) is 0.171. The first-order valence-electron chi connectivity index (χ1n) is 7.62. The summed E-state index contributed by atoms with van der Waals surface area (Å²) >= 11 is 1.62. The molecule has 0 unspecified atom stereocenters. The topological polar surface area (TPSA) is 49.6 Å². The third kappa shape index (κ3) is 2.44. The molecule has 20 heavy (non-hydrogen) atoms. The van der Waals surface area contributed by atoms with E-state index in [1.54, 1.807) is 11.3 Å². The predicted molar refractivity (Wildman–Crippen MR) is 83.1 cm³/mol. The van der Waals surface area contributed by atoms with Crippen molar-refractivity contribution < 1.29 is 4.79 Å². The van der Waals surface area contributed by atoms with Crippen LogP contribution in [0.25, 0.3) is 0 Å². The molecule has 1 saturated heterocycles. The maximum atomic E-state index is 12.7. The van der Waals surface area contributed by atoms with E-state index in [2.05, 4.69) is 11.8 Å². The van der Waals surface area contributed by atoms with Gasteiger partial charge >= 0.3 is 0 Å². The van der Waals surface area contributed by atoms with Gasteiger partial charge in [0.2, 0.25) is 0 Å². The number of thiophene rings is 1. The fourth-order valence-corrected chi connectivity index (χ4v) is 4.39. The van der Waals surface area contributed by atoms with Crippen LogP contribution in [-0.4, -0.2) is 41.9 Å². The molecule has 5 heteroatoms. The SMILES string of the molecule is CCN1CCc2c(sc(N)c2C(=O)N2CCCCC2)C1. The van der Waals surface area contributed by atoms with Crippen molar-refractivity contribution in [3.8, 4) is 0 Å². The first kappa shape index (κ1) is 13.9. The Morgan fingerprint density at radius 1 is 1.25 bits per heavy atom. The number of hydrogen-bond donors (Lipinski definition) is 1. The van der Waals surface area contributed by atoms with Gasteiger partial charge in [0.25, 0.3) is 5.91 Å². The number of carbonyl (C=O) groups excluding carboxylic acids is 1. The number of nitrogen functional groups attached to an aromatic ring is 1. The van der Waals surface area contributed by atoms with Crippen LogP contribution in [-0.2, 0) is 13.0 Å². The van der Waals surface area contributed by atoms with Crippen molar-refractivity contribution in [3.63, 3.8) is 0 Å². The van der Waals surface area contributed by atoms with Crippen molar-refractivity contribution in [2.75, 3.05) is 31.9 Å². The van der Waals surface area contributed by atoms with Crippen molar-refractivity contribution >= 4 is 22.2 Å². The van der Waals surface area contributed by atoms with Crippen LogP contribution < -0.4 is 5.73 Å². The largest absolute Gasteiger partial charge is 0.390 e. The summed E-state index contributed by atoms with van der Waals surface area (Å²) in [7, 11) is 0. The van der Waals surface area contributed by atoms with Gasteiger partial charge in [-0.05, 0) is 37.8 Å². The molecule has 0 saturated carbocycles. The van der Waals surface area contributed by atoms with E-state index in [1.807, 2.05) is 4.90 Å². The lowest BCUT2D eigenvalue weighted by Gasteiger charge is -2.29. The van der Waals surface area contributed by atoms with Gasteiger partial charge in [0, 0.05) is 31.1 Å². The van der Waals surface area contributed by atoms with Crippen molar-refractivity contribution in [1.82, 2.24) is 9.80 Å². The average molecular weight is 293 g/mol. The van der Waals surface area contributed by atoms with Crippen LogP contribution in [0.2, 0.25) is 0 Å². The van der Waals surface area contributed by atoms with Gasteiger partial charge in [-0.25, -0.2) is 0 Å². The molecule has 3 heterocycles. The van der Waals surface area contributed by atoms with Crippen molar-refractivity contribution in [2.24, 2.45) is 0 Å². The molecule has 3 rings (SSSR count). The van der Waals surface area contributed by atoms with Crippen LogP contribution >= 0.6 is 11.3 Å². The summed E-state index contributed by atoms with van der Waals surface area (Å²) in [6, 6.07) is 0. The van der Waals surface area contributed by atoms with Gasteiger partial charge < -0.3 is 10.6 Å². The standard InChI is InChI=1S/C15H23N3OS/c1-2-17-9-6-11-12(10-17)20-14(16)13(11)15(19)18-7-4-3-5-8-18/h2-10,16H2,1H3. The summed E-state index contributed by atoms with van der Waals surface area (Å²) in [5, 5.41) is 0.725. The Morgan fingerprint density at radius 2 is 2.00 bits per heavy atom. The molecule has 1 aromatic rings. The lowest BCUT2D eigenvalue weighted by atomic mass is 10.0. The van der Waals surface area contributed by atoms with Gasteiger partial charge in [-0.2, -0.15) is 0 Å². The third-order valence-electron chi connectivity index (χ3n) is 4.47. The molecule has 2 aliphatic heterocycles. The molecule has 110 valence electrons. The average Bonchev–Trinajstić information content (AvgIpc) is 2.82. The smallest absolute Gasteiger partial charge is 0.257 e. The van der Waals surface area contributed by atoms with Crippen molar-refractivity contribution in [2.45, 2.75) is 39.2 Å². The highest BCUT2D eigenvalue weighted by Gasteiger charge is 2.29. The Hall–Kier alpha value is -1.07. The van der Waals surface area contributed by atoms with Crippen molar-refractivity contribution in [1.29, 1.82) is 0 Å². The normalized spacial score (nSPS) is 19.9. The fourth-order valence-electron chi connectivity index (χ4n) is 3.24. The molecule has 0 bridgehead atoms. The van der Waals surface area contributed by atoms with Gasteiger partial charge in [-0.1, -0.05) is 6.92 Å². The second-order valence-electron chi connectivity index (χ2n) is 5.71. The molecule has 2 N–H and O–H groups in total. The zero-order valence-corrected chi connectivity index (χ0v) is 13.0. The van der Waals surface area contributed by atoms with Gasteiger partial charge in [-0.15, -0.1) is 11.3 Å². The molecule has 1 fully saturated rings. The number of fused-ring (bicyclic) bond motifs is 1. The second kappa shape index (κ2) is 5.74. The summed E-state index contributed by atoms with van der Waals surface area (Å²) in [4.78, 5) is 18.5. The number of anilines is 1. The number of rotatable bonds is 2. The molecule has 0 aliphatic carbocycles. The van der Waals surface area contributed by atoms with Gasteiger partial charge in [-0.3, -0.25) is 9.69 Å². The lowest BCUT2D eigenvalue weighted by molar-refractivity contribution is 0.0724. The molecule has 0 radical (unpaired) electrons. The zero-order valence-electron chi connectivity index (χ0n) is 12.2. The van der Waals surface area contributed by atoms with Crippen LogP contribution in [0.3, 0.4) is 0 Å². The number of nitrogens with zero attached hydrogens (tertiary/aromatic N) is 2. The van der Waals surface area contributed by atoms with E-state index in [0.717, 1.165) is 62.6 Å². The number of nitrogens with two attached hydrogens (primary N) is 1. The molecular formula is C15H23N3OS. The van der Waals surface area contributed by atoms with Crippen LogP contribution in [0.4, 0.5) is 5.00 Å². The van der Waals surface area contributed by atoms with E-state index in [0.29, 0.717) is 0 Å². The minimum absolute atomic E-state index is 0.171. The highest BCUT2D eigenvalue weighted by molar-refractivity contribution is 7.16. The van der Waals surface area contributed by atoms with E-state index in [4.69, 9.17) is 5.73 Å². The highest BCUT2D eigenvalue weighted by Crippen LogP contribution is 2.36. The van der Waals surface area contributed by atoms with Gasteiger partial charge in [0.1, 0.15) is 0 Å². The number of amides is 1. The molecular weight excluding hydrogens is 270 g/mol. The number of likely N-dealkylation sites (tertiary alicyclic amines) is 1. The first-order valence-corrected chi connectivity index (χ1v) is 8.44. The Morgan fingerprint density at radius 3 is 2.70 bits per heavy atom. The van der Waals surface area contributed by atoms with E-state index >= 15 is 0 Å². The molecule has 4 nitrogen and oxygen atoms in total. The quantitative estimate of drug-likeness (QED) is 0.910. The van der Waals surface area contributed by atoms with E-state index < -0.39 is 0 Å². The predicted octanol–water partition coefficient (Wildman–Crippen LogP) is 2.33. The zero-order chi connectivity index (χ0) is 14.1. The molecule has 0 aromatic carbocycles.